The monoisotopic (exact) mass is 460 g/mol. The Morgan fingerprint density at radius 1 is 1.03 bits per heavy atom. The Balaban J connectivity index is 1.48. The largest absolute Gasteiger partial charge is 0.454 e. The average Bonchev–Trinajstić information content (AvgIpc) is 3.60. The summed E-state index contributed by atoms with van der Waals surface area (Å²) in [5.41, 5.74) is 5.91. The highest BCUT2D eigenvalue weighted by atomic mass is 32.1. The molecule has 6 nitrogen and oxygen atoms in total. The molecule has 3 aliphatic rings. The Hall–Kier alpha value is -3.06. The van der Waals surface area contributed by atoms with Gasteiger partial charge in [0.25, 0.3) is 0 Å². The second-order valence-electron chi connectivity index (χ2n) is 9.17. The van der Waals surface area contributed by atoms with Crippen LogP contribution in [0, 0.1) is 13.8 Å². The van der Waals surface area contributed by atoms with Gasteiger partial charge in [0, 0.05) is 35.4 Å². The lowest BCUT2D eigenvalue weighted by atomic mass is 9.96. The molecule has 1 saturated heterocycles. The number of ether oxygens (including phenoxy) is 2. The van der Waals surface area contributed by atoms with E-state index in [0.717, 1.165) is 22.9 Å². The fourth-order valence-electron chi connectivity index (χ4n) is 5.81. The number of nitrogens with one attached hydrogen (secondary N) is 1. The van der Waals surface area contributed by atoms with Crippen molar-refractivity contribution in [3.63, 3.8) is 0 Å². The summed E-state index contributed by atoms with van der Waals surface area (Å²) in [6.45, 7) is 4.75. The van der Waals surface area contributed by atoms with E-state index in [-0.39, 0.29) is 18.9 Å². The predicted molar refractivity (Wildman–Crippen MR) is 132 cm³/mol. The van der Waals surface area contributed by atoms with Gasteiger partial charge in [-0.25, -0.2) is 0 Å². The van der Waals surface area contributed by atoms with Crippen LogP contribution in [-0.2, 0) is 0 Å². The molecule has 2 aromatic heterocycles. The molecule has 1 aliphatic carbocycles. The first-order chi connectivity index (χ1) is 16.1. The zero-order valence-corrected chi connectivity index (χ0v) is 19.8. The molecule has 1 N–H and O–H groups in total. The fourth-order valence-corrected chi connectivity index (χ4v) is 6.16. The molecule has 33 heavy (non-hydrogen) atoms. The maximum Gasteiger partial charge on any atom is 0.231 e. The molecule has 0 amide bonds. The van der Waals surface area contributed by atoms with E-state index in [9.17, 15) is 0 Å². The van der Waals surface area contributed by atoms with E-state index in [4.69, 9.17) is 26.7 Å². The van der Waals surface area contributed by atoms with Crippen LogP contribution in [0.3, 0.4) is 0 Å². The summed E-state index contributed by atoms with van der Waals surface area (Å²) >= 11 is 5.90. The number of anilines is 1. The van der Waals surface area contributed by atoms with Gasteiger partial charge in [0.1, 0.15) is 0 Å². The van der Waals surface area contributed by atoms with Gasteiger partial charge in [0.05, 0.1) is 17.8 Å². The average molecular weight is 461 g/mol. The van der Waals surface area contributed by atoms with E-state index in [0.29, 0.717) is 11.2 Å². The third-order valence-electron chi connectivity index (χ3n) is 7.26. The zero-order valence-electron chi connectivity index (χ0n) is 19.0. The molecule has 6 rings (SSSR count). The number of aryl methyl sites for hydroxylation is 1. The van der Waals surface area contributed by atoms with E-state index < -0.39 is 0 Å². The number of aromatic nitrogens is 2. The van der Waals surface area contributed by atoms with Crippen LogP contribution in [0.15, 0.2) is 48.7 Å². The molecule has 4 heterocycles. The number of rotatable bonds is 4. The van der Waals surface area contributed by atoms with Crippen molar-refractivity contribution in [2.75, 3.05) is 11.7 Å². The van der Waals surface area contributed by atoms with Gasteiger partial charge < -0.3 is 24.3 Å². The quantitative estimate of drug-likeness (QED) is 0.518. The minimum absolute atomic E-state index is 0.0193. The molecule has 2 unspecified atom stereocenters. The summed E-state index contributed by atoms with van der Waals surface area (Å²) in [5, 5.41) is 4.27. The van der Waals surface area contributed by atoms with Crippen LogP contribution in [0.2, 0.25) is 0 Å². The van der Waals surface area contributed by atoms with Crippen molar-refractivity contribution in [1.29, 1.82) is 0 Å². The molecule has 3 aromatic rings. The Labute approximate surface area is 199 Å². The normalized spacial score (nSPS) is 22.2. The van der Waals surface area contributed by atoms with Crippen LogP contribution < -0.4 is 19.7 Å². The SMILES string of the molecule is Cc1cc(C2C(c3ccccn3)NC(=S)N2c2ccc3c(c2)OCO3)c(C)n1C1CCCC1. The Bertz CT molecular complexity index is 1200. The molecule has 2 atom stereocenters. The van der Waals surface area contributed by atoms with E-state index in [1.807, 2.05) is 30.5 Å². The number of nitrogens with zero attached hydrogens (tertiary/aromatic N) is 3. The Morgan fingerprint density at radius 3 is 2.64 bits per heavy atom. The molecule has 2 fully saturated rings. The van der Waals surface area contributed by atoms with Gasteiger partial charge in [-0.05, 0) is 74.8 Å². The van der Waals surface area contributed by atoms with Crippen molar-refractivity contribution in [1.82, 2.24) is 14.9 Å². The maximum atomic E-state index is 5.90. The van der Waals surface area contributed by atoms with Crippen LogP contribution in [-0.4, -0.2) is 21.5 Å². The number of hydrogen-bond donors (Lipinski definition) is 1. The van der Waals surface area contributed by atoms with Gasteiger partial charge in [-0.15, -0.1) is 0 Å². The number of fused-ring (bicyclic) bond motifs is 1. The number of pyridine rings is 1. The first-order valence-electron chi connectivity index (χ1n) is 11.7. The molecular formula is C26H28N4O2S. The fraction of sp³-hybridized carbons (Fsp3) is 0.385. The van der Waals surface area contributed by atoms with Gasteiger partial charge in [-0.2, -0.15) is 0 Å². The van der Waals surface area contributed by atoms with Gasteiger partial charge in [-0.3, -0.25) is 4.98 Å². The van der Waals surface area contributed by atoms with Gasteiger partial charge in [0.15, 0.2) is 16.6 Å². The highest BCUT2D eigenvalue weighted by Gasteiger charge is 2.43. The van der Waals surface area contributed by atoms with Crippen LogP contribution >= 0.6 is 12.2 Å². The van der Waals surface area contributed by atoms with E-state index in [2.05, 4.69) is 46.8 Å². The maximum absolute atomic E-state index is 5.90. The van der Waals surface area contributed by atoms with Crippen molar-refractivity contribution in [3.05, 3.63) is 71.3 Å². The summed E-state index contributed by atoms with van der Waals surface area (Å²) in [7, 11) is 0. The number of hydrogen-bond acceptors (Lipinski definition) is 4. The summed E-state index contributed by atoms with van der Waals surface area (Å²) in [6, 6.07) is 15.0. The molecular weight excluding hydrogens is 432 g/mol. The van der Waals surface area contributed by atoms with Crippen molar-refractivity contribution < 1.29 is 9.47 Å². The third-order valence-corrected chi connectivity index (χ3v) is 7.58. The lowest BCUT2D eigenvalue weighted by Crippen LogP contribution is -2.29. The van der Waals surface area contributed by atoms with Crippen LogP contribution in [0.25, 0.3) is 0 Å². The van der Waals surface area contributed by atoms with E-state index >= 15 is 0 Å². The van der Waals surface area contributed by atoms with Crippen LogP contribution in [0.4, 0.5) is 5.69 Å². The second-order valence-corrected chi connectivity index (χ2v) is 9.56. The van der Waals surface area contributed by atoms with Gasteiger partial charge in [-0.1, -0.05) is 18.9 Å². The van der Waals surface area contributed by atoms with E-state index in [1.165, 1.54) is 42.6 Å². The van der Waals surface area contributed by atoms with Crippen molar-refractivity contribution in [2.45, 2.75) is 57.7 Å². The Kier molecular flexibility index (Phi) is 5.02. The topological polar surface area (TPSA) is 51.6 Å². The van der Waals surface area contributed by atoms with E-state index in [1.54, 1.807) is 0 Å². The van der Waals surface area contributed by atoms with Gasteiger partial charge in [0.2, 0.25) is 6.79 Å². The predicted octanol–water partition coefficient (Wildman–Crippen LogP) is 5.52. The molecule has 0 radical (unpaired) electrons. The van der Waals surface area contributed by atoms with Crippen LogP contribution in [0.5, 0.6) is 11.5 Å². The number of benzene rings is 1. The first kappa shape index (κ1) is 20.5. The molecule has 1 saturated carbocycles. The minimum atomic E-state index is -0.0540. The van der Waals surface area contributed by atoms with Crippen molar-refractivity contribution in [2.24, 2.45) is 0 Å². The minimum Gasteiger partial charge on any atom is -0.454 e. The molecule has 0 spiro atoms. The van der Waals surface area contributed by atoms with Crippen molar-refractivity contribution in [3.8, 4) is 11.5 Å². The third kappa shape index (κ3) is 3.37. The summed E-state index contributed by atoms with van der Waals surface area (Å²) in [6.07, 6.45) is 6.99. The van der Waals surface area contributed by atoms with Crippen molar-refractivity contribution >= 4 is 23.0 Å². The van der Waals surface area contributed by atoms with Crippen LogP contribution in [0.1, 0.15) is 66.5 Å². The standard InChI is InChI=1S/C26H28N4O2S/c1-16-13-20(17(2)29(16)18-7-3-4-8-18)25-24(21-9-5-6-12-27-21)28-26(33)30(25)19-10-11-22-23(14-19)32-15-31-22/h5-6,9-14,18,24-25H,3-4,7-8,15H2,1-2H3,(H,28,33). The molecule has 1 aromatic carbocycles. The van der Waals surface area contributed by atoms with Gasteiger partial charge >= 0.3 is 0 Å². The second kappa shape index (κ2) is 8.06. The lowest BCUT2D eigenvalue weighted by Gasteiger charge is -2.28. The molecule has 7 heteroatoms. The molecule has 0 bridgehead atoms. The lowest BCUT2D eigenvalue weighted by molar-refractivity contribution is 0.174. The zero-order chi connectivity index (χ0) is 22.5. The smallest absolute Gasteiger partial charge is 0.231 e. The summed E-state index contributed by atoms with van der Waals surface area (Å²) in [5.74, 6) is 1.53. The molecule has 170 valence electrons. The molecule has 2 aliphatic heterocycles. The highest BCUT2D eigenvalue weighted by molar-refractivity contribution is 7.80. The number of thiocarbonyl (C=S) groups is 1. The Morgan fingerprint density at radius 2 is 1.85 bits per heavy atom. The summed E-state index contributed by atoms with van der Waals surface area (Å²) < 4.78 is 13.8. The summed E-state index contributed by atoms with van der Waals surface area (Å²) in [4.78, 5) is 6.91. The first-order valence-corrected chi connectivity index (χ1v) is 12.1. The highest BCUT2D eigenvalue weighted by Crippen LogP contribution is 2.46.